The molecule has 5 rings (SSSR count). The number of nitrogens with one attached hydrogen (secondary N) is 1. The van der Waals surface area contributed by atoms with E-state index in [1.54, 1.807) is 12.1 Å². The average Bonchev–Trinajstić information content (AvgIpc) is 3.52. The van der Waals surface area contributed by atoms with Crippen LogP contribution in [0.5, 0.6) is 0 Å². The lowest BCUT2D eigenvalue weighted by atomic mass is 9.73. The van der Waals surface area contributed by atoms with Crippen LogP contribution in [0.3, 0.4) is 0 Å². The number of carbonyl (C=O) groups is 1. The van der Waals surface area contributed by atoms with Crippen LogP contribution in [0.1, 0.15) is 50.5 Å². The van der Waals surface area contributed by atoms with Gasteiger partial charge in [-0.05, 0) is 91.7 Å². The second kappa shape index (κ2) is 7.40. The molecule has 1 aromatic carbocycles. The van der Waals surface area contributed by atoms with Crippen molar-refractivity contribution in [2.45, 2.75) is 44.9 Å². The van der Waals surface area contributed by atoms with Crippen molar-refractivity contribution in [3.63, 3.8) is 0 Å². The van der Waals surface area contributed by atoms with Crippen LogP contribution in [0.25, 0.3) is 10.9 Å². The number of pyridine rings is 1. The van der Waals surface area contributed by atoms with Crippen LogP contribution in [0.4, 0.5) is 4.39 Å². The lowest BCUT2D eigenvalue weighted by molar-refractivity contribution is -0.125. The number of hydrogen-bond donors (Lipinski definition) is 1. The van der Waals surface area contributed by atoms with Crippen molar-refractivity contribution in [3.8, 4) is 0 Å². The zero-order valence-electron chi connectivity index (χ0n) is 16.8. The average molecular weight is 391 g/mol. The minimum Gasteiger partial charge on any atom is -0.326 e. The fraction of sp³-hybridized carbons (Fsp3) is 0.440. The van der Waals surface area contributed by atoms with Crippen LogP contribution in [0.15, 0.2) is 54.4 Å². The van der Waals surface area contributed by atoms with Gasteiger partial charge < -0.3 is 5.32 Å². The van der Waals surface area contributed by atoms with Gasteiger partial charge in [0.25, 0.3) is 0 Å². The summed E-state index contributed by atoms with van der Waals surface area (Å²) in [4.78, 5) is 17.1. The zero-order chi connectivity index (χ0) is 20.0. The number of hydrogen-bond acceptors (Lipinski definition) is 2. The molecule has 0 aliphatic heterocycles. The van der Waals surface area contributed by atoms with Gasteiger partial charge in [-0.25, -0.2) is 4.39 Å². The van der Waals surface area contributed by atoms with E-state index in [0.717, 1.165) is 42.3 Å². The molecule has 3 aliphatic carbocycles. The summed E-state index contributed by atoms with van der Waals surface area (Å²) in [6, 6.07) is 6.87. The highest BCUT2D eigenvalue weighted by Crippen LogP contribution is 2.44. The molecule has 2 saturated carbocycles. The number of allylic oxidation sites excluding steroid dienone is 3. The van der Waals surface area contributed by atoms with Gasteiger partial charge in [0.1, 0.15) is 5.82 Å². The Balaban J connectivity index is 1.23. The third-order valence-corrected chi connectivity index (χ3v) is 7.14. The largest absolute Gasteiger partial charge is 0.326 e. The van der Waals surface area contributed by atoms with Gasteiger partial charge in [0, 0.05) is 23.2 Å². The molecule has 3 atom stereocenters. The number of aromatic nitrogens is 1. The van der Waals surface area contributed by atoms with Crippen molar-refractivity contribution < 1.29 is 9.18 Å². The highest BCUT2D eigenvalue weighted by atomic mass is 19.1. The van der Waals surface area contributed by atoms with Crippen LogP contribution >= 0.6 is 0 Å². The van der Waals surface area contributed by atoms with Gasteiger partial charge in [0.15, 0.2) is 0 Å². The van der Waals surface area contributed by atoms with Gasteiger partial charge in [0.05, 0.1) is 5.52 Å². The molecule has 2 fully saturated rings. The topological polar surface area (TPSA) is 42.0 Å². The molecule has 1 heterocycles. The van der Waals surface area contributed by atoms with E-state index in [1.807, 2.05) is 12.3 Å². The van der Waals surface area contributed by atoms with E-state index in [1.165, 1.54) is 18.1 Å². The monoisotopic (exact) mass is 390 g/mol. The summed E-state index contributed by atoms with van der Waals surface area (Å²) in [5.41, 5.74) is 3.02. The molecular formula is C25H27FN2O. The molecule has 3 aliphatic rings. The summed E-state index contributed by atoms with van der Waals surface area (Å²) in [5, 5.41) is 4.06. The number of fused-ring (bicyclic) bond motifs is 2. The highest BCUT2D eigenvalue weighted by molar-refractivity contribution is 5.83. The summed E-state index contributed by atoms with van der Waals surface area (Å²) >= 11 is 0. The Morgan fingerprint density at radius 2 is 2.00 bits per heavy atom. The van der Waals surface area contributed by atoms with E-state index in [4.69, 9.17) is 0 Å². The second-order valence-corrected chi connectivity index (χ2v) is 9.00. The lowest BCUT2D eigenvalue weighted by Gasteiger charge is -2.32. The molecule has 1 aromatic heterocycles. The first-order valence-electron chi connectivity index (χ1n) is 10.8. The van der Waals surface area contributed by atoms with Gasteiger partial charge in [-0.1, -0.05) is 19.1 Å². The molecule has 0 spiro atoms. The Morgan fingerprint density at radius 3 is 2.79 bits per heavy atom. The van der Waals surface area contributed by atoms with Crippen molar-refractivity contribution in [1.29, 1.82) is 0 Å². The van der Waals surface area contributed by atoms with Crippen LogP contribution in [0.2, 0.25) is 0 Å². The van der Waals surface area contributed by atoms with Crippen LogP contribution < -0.4 is 5.32 Å². The SMILES string of the molecule is C[C@@H](C(=O)NC1=CC2CC2C=C1)C1CCC(c2ccnc3ccc(F)cc23)CC1. The number of rotatable bonds is 4. The van der Waals surface area contributed by atoms with E-state index >= 15 is 0 Å². The number of halogens is 1. The normalized spacial score (nSPS) is 29.1. The van der Waals surface area contributed by atoms with E-state index in [9.17, 15) is 9.18 Å². The standard InChI is InChI=1S/C25H27FN2O/c1-15(25(29)28-21-8-6-18-12-19(18)13-21)16-2-4-17(5-3-16)22-10-11-27-24-9-7-20(26)14-23(22)24/h6-11,13-19H,2-5,12H2,1H3,(H,28,29)/t15-,16?,17?,18?,19?/m1/s1. The quantitative estimate of drug-likeness (QED) is 0.750. The van der Waals surface area contributed by atoms with Gasteiger partial charge in [-0.2, -0.15) is 0 Å². The summed E-state index contributed by atoms with van der Waals surface area (Å²) in [5.74, 6) is 2.09. The van der Waals surface area contributed by atoms with Crippen molar-refractivity contribution in [3.05, 3.63) is 65.8 Å². The third-order valence-electron chi connectivity index (χ3n) is 7.14. The molecular weight excluding hydrogens is 363 g/mol. The Hall–Kier alpha value is -2.49. The molecule has 2 unspecified atom stereocenters. The predicted octanol–water partition coefficient (Wildman–Crippen LogP) is 5.49. The Morgan fingerprint density at radius 1 is 1.17 bits per heavy atom. The maximum Gasteiger partial charge on any atom is 0.227 e. The molecule has 3 nitrogen and oxygen atoms in total. The molecule has 1 amide bonds. The van der Waals surface area contributed by atoms with E-state index < -0.39 is 0 Å². The number of benzene rings is 1. The van der Waals surface area contributed by atoms with E-state index in [-0.39, 0.29) is 17.6 Å². The van der Waals surface area contributed by atoms with Crippen LogP contribution in [-0.4, -0.2) is 10.9 Å². The maximum absolute atomic E-state index is 13.8. The fourth-order valence-corrected chi connectivity index (χ4v) is 5.14. The molecule has 1 N–H and O–H groups in total. The predicted molar refractivity (Wildman–Crippen MR) is 113 cm³/mol. The summed E-state index contributed by atoms with van der Waals surface area (Å²) in [6.07, 6.45) is 13.7. The van der Waals surface area contributed by atoms with Crippen molar-refractivity contribution in [2.75, 3.05) is 0 Å². The Labute approximate surface area is 171 Å². The minimum atomic E-state index is -0.214. The van der Waals surface area contributed by atoms with E-state index in [0.29, 0.717) is 23.7 Å². The van der Waals surface area contributed by atoms with Gasteiger partial charge >= 0.3 is 0 Å². The van der Waals surface area contributed by atoms with Crippen molar-refractivity contribution in [1.82, 2.24) is 10.3 Å². The van der Waals surface area contributed by atoms with Crippen molar-refractivity contribution >= 4 is 16.8 Å². The molecule has 150 valence electrons. The number of carbonyl (C=O) groups excluding carboxylic acids is 1. The summed E-state index contributed by atoms with van der Waals surface area (Å²) in [7, 11) is 0. The lowest BCUT2D eigenvalue weighted by Crippen LogP contribution is -2.34. The zero-order valence-corrected chi connectivity index (χ0v) is 16.8. The Kier molecular flexibility index (Phi) is 4.73. The molecule has 0 bridgehead atoms. The van der Waals surface area contributed by atoms with Gasteiger partial charge in [-0.15, -0.1) is 0 Å². The summed E-state index contributed by atoms with van der Waals surface area (Å²) in [6.45, 7) is 2.06. The first kappa shape index (κ1) is 18.5. The maximum atomic E-state index is 13.8. The number of nitrogens with zero attached hydrogens (tertiary/aromatic N) is 1. The first-order chi connectivity index (χ1) is 14.1. The molecule has 0 radical (unpaired) electrons. The number of amides is 1. The van der Waals surface area contributed by atoms with Gasteiger partial charge in [-0.3, -0.25) is 9.78 Å². The second-order valence-electron chi connectivity index (χ2n) is 9.00. The van der Waals surface area contributed by atoms with Crippen LogP contribution in [0, 0.1) is 29.5 Å². The smallest absolute Gasteiger partial charge is 0.227 e. The fourth-order valence-electron chi connectivity index (χ4n) is 5.14. The molecule has 4 heteroatoms. The molecule has 0 saturated heterocycles. The summed E-state index contributed by atoms with van der Waals surface area (Å²) < 4.78 is 13.8. The molecule has 29 heavy (non-hydrogen) atoms. The minimum absolute atomic E-state index is 0.00815. The van der Waals surface area contributed by atoms with Crippen molar-refractivity contribution in [2.24, 2.45) is 23.7 Å². The third kappa shape index (κ3) is 3.73. The molecule has 2 aromatic rings. The first-order valence-corrected chi connectivity index (χ1v) is 10.8. The highest BCUT2D eigenvalue weighted by Gasteiger charge is 2.36. The van der Waals surface area contributed by atoms with Gasteiger partial charge in [0.2, 0.25) is 5.91 Å². The van der Waals surface area contributed by atoms with E-state index in [2.05, 4.69) is 35.5 Å². The van der Waals surface area contributed by atoms with Crippen LogP contribution in [-0.2, 0) is 4.79 Å². The Bertz CT molecular complexity index is 1000.